The van der Waals surface area contributed by atoms with E-state index in [0.29, 0.717) is 5.04 Å². The third kappa shape index (κ3) is 4.18. The van der Waals surface area contributed by atoms with Gasteiger partial charge in [0.15, 0.2) is 8.32 Å². The average molecular weight is 385 g/mol. The molecular weight excluding hydrogens is 360 g/mol. The van der Waals surface area contributed by atoms with E-state index < -0.39 is 8.32 Å². The Morgan fingerprint density at radius 3 is 2.62 bits per heavy atom. The average Bonchev–Trinajstić information content (AvgIpc) is 2.76. The molecule has 1 aromatic carbocycles. The molecule has 0 fully saturated rings. The van der Waals surface area contributed by atoms with Gasteiger partial charge in [-0.15, -0.1) is 11.3 Å². The van der Waals surface area contributed by atoms with Gasteiger partial charge in [0.05, 0.1) is 0 Å². The summed E-state index contributed by atoms with van der Waals surface area (Å²) in [6.07, 6.45) is 2.20. The lowest BCUT2D eigenvalue weighted by Gasteiger charge is -2.36. The predicted octanol–water partition coefficient (Wildman–Crippen LogP) is 6.62. The third-order valence-corrected chi connectivity index (χ3v) is 10.5. The fraction of sp³-hybridized carbons (Fsp3) is 0.529. The second-order valence-corrected chi connectivity index (χ2v) is 13.7. The van der Waals surface area contributed by atoms with Gasteiger partial charge in [0.2, 0.25) is 0 Å². The molecule has 21 heavy (non-hydrogen) atoms. The Hall–Kier alpha value is -0.163. The minimum atomic E-state index is -1.59. The second-order valence-electron chi connectivity index (χ2n) is 7.11. The summed E-state index contributed by atoms with van der Waals surface area (Å²) in [5.74, 6) is 0. The van der Waals surface area contributed by atoms with Crippen molar-refractivity contribution in [2.75, 3.05) is 6.61 Å². The molecule has 0 saturated heterocycles. The lowest BCUT2D eigenvalue weighted by molar-refractivity contribution is 0.283. The van der Waals surface area contributed by atoms with Gasteiger partial charge in [0.25, 0.3) is 0 Å². The molecule has 0 N–H and O–H groups in total. The quantitative estimate of drug-likeness (QED) is 0.415. The van der Waals surface area contributed by atoms with Gasteiger partial charge in [-0.3, -0.25) is 0 Å². The number of rotatable bonds is 5. The molecule has 1 aromatic heterocycles. The molecule has 0 amide bonds. The van der Waals surface area contributed by atoms with Crippen LogP contribution < -0.4 is 0 Å². The van der Waals surface area contributed by atoms with Crippen LogP contribution in [0.1, 0.15) is 32.8 Å². The van der Waals surface area contributed by atoms with Crippen molar-refractivity contribution in [1.29, 1.82) is 0 Å². The zero-order valence-electron chi connectivity index (χ0n) is 13.6. The number of benzene rings is 1. The minimum absolute atomic E-state index is 0.299. The summed E-state index contributed by atoms with van der Waals surface area (Å²) in [6, 6.07) is 6.54. The van der Waals surface area contributed by atoms with Gasteiger partial charge in [0, 0.05) is 15.8 Å². The van der Waals surface area contributed by atoms with Crippen molar-refractivity contribution < 1.29 is 4.43 Å². The molecule has 0 radical (unpaired) electrons. The van der Waals surface area contributed by atoms with Crippen molar-refractivity contribution in [3.05, 3.63) is 33.6 Å². The van der Waals surface area contributed by atoms with E-state index in [4.69, 9.17) is 4.43 Å². The number of hydrogen-bond donors (Lipinski definition) is 0. The van der Waals surface area contributed by atoms with E-state index in [9.17, 15) is 0 Å². The Bertz CT molecular complexity index is 613. The molecule has 0 saturated carbocycles. The van der Waals surface area contributed by atoms with E-state index in [1.165, 1.54) is 15.6 Å². The molecule has 0 spiro atoms. The van der Waals surface area contributed by atoms with Gasteiger partial charge >= 0.3 is 0 Å². The van der Waals surface area contributed by atoms with E-state index in [2.05, 4.69) is 73.4 Å². The molecule has 2 rings (SSSR count). The largest absolute Gasteiger partial charge is 0.417 e. The maximum atomic E-state index is 6.26. The summed E-state index contributed by atoms with van der Waals surface area (Å²) in [4.78, 5) is 0. The first kappa shape index (κ1) is 17.2. The van der Waals surface area contributed by atoms with Gasteiger partial charge in [0.1, 0.15) is 0 Å². The smallest absolute Gasteiger partial charge is 0.191 e. The summed E-state index contributed by atoms with van der Waals surface area (Å²) in [5, 5.41) is 3.98. The monoisotopic (exact) mass is 384 g/mol. The zero-order chi connectivity index (χ0) is 15.7. The highest BCUT2D eigenvalue weighted by atomic mass is 79.9. The predicted molar refractivity (Wildman–Crippen MR) is 101 cm³/mol. The molecule has 1 nitrogen and oxygen atoms in total. The van der Waals surface area contributed by atoms with Crippen LogP contribution in [0.4, 0.5) is 0 Å². The second kappa shape index (κ2) is 6.53. The number of fused-ring (bicyclic) bond motifs is 1. The molecule has 116 valence electrons. The topological polar surface area (TPSA) is 9.23 Å². The van der Waals surface area contributed by atoms with Gasteiger partial charge < -0.3 is 4.43 Å². The van der Waals surface area contributed by atoms with Gasteiger partial charge in [-0.25, -0.2) is 0 Å². The third-order valence-electron chi connectivity index (χ3n) is 4.48. The lowest BCUT2D eigenvalue weighted by atomic mass is 10.1. The van der Waals surface area contributed by atoms with Crippen molar-refractivity contribution >= 4 is 45.7 Å². The van der Waals surface area contributed by atoms with E-state index in [1.807, 2.05) is 11.3 Å². The van der Waals surface area contributed by atoms with E-state index in [1.54, 1.807) is 0 Å². The SMILES string of the molecule is CC(C)(C)[Si](C)(C)OCCCc1csc2ccc(Br)cc12. The summed E-state index contributed by atoms with van der Waals surface area (Å²) in [7, 11) is -1.59. The highest BCUT2D eigenvalue weighted by Crippen LogP contribution is 2.36. The van der Waals surface area contributed by atoms with E-state index >= 15 is 0 Å². The van der Waals surface area contributed by atoms with Gasteiger partial charge in [-0.05, 0) is 65.5 Å². The summed E-state index contributed by atoms with van der Waals surface area (Å²) in [5.41, 5.74) is 1.45. The van der Waals surface area contributed by atoms with Crippen LogP contribution in [0.25, 0.3) is 10.1 Å². The first-order valence-corrected chi connectivity index (χ1v) is 12.1. The Morgan fingerprint density at radius 1 is 1.24 bits per heavy atom. The Morgan fingerprint density at radius 2 is 1.95 bits per heavy atom. The summed E-state index contributed by atoms with van der Waals surface area (Å²) in [6.45, 7) is 12.4. The van der Waals surface area contributed by atoms with Crippen LogP contribution >= 0.6 is 27.3 Å². The van der Waals surface area contributed by atoms with E-state index in [-0.39, 0.29) is 0 Å². The normalized spacial score (nSPS) is 13.0. The van der Waals surface area contributed by atoms with E-state index in [0.717, 1.165) is 23.9 Å². The minimum Gasteiger partial charge on any atom is -0.417 e. The Labute approximate surface area is 142 Å². The van der Waals surface area contributed by atoms with Crippen LogP contribution in [-0.2, 0) is 10.8 Å². The lowest BCUT2D eigenvalue weighted by Crippen LogP contribution is -2.41. The van der Waals surface area contributed by atoms with Crippen molar-refractivity contribution in [3.8, 4) is 0 Å². The molecule has 0 aliphatic heterocycles. The van der Waals surface area contributed by atoms with Crippen LogP contribution in [0, 0.1) is 0 Å². The molecule has 0 unspecified atom stereocenters. The standard InChI is InChI=1S/C17H25BrOSSi/c1-17(2,3)21(4,5)19-10-6-7-13-12-20-16-9-8-14(18)11-15(13)16/h8-9,11-12H,6-7,10H2,1-5H3. The maximum Gasteiger partial charge on any atom is 0.191 e. The van der Waals surface area contributed by atoms with Crippen molar-refractivity contribution in [3.63, 3.8) is 0 Å². The van der Waals surface area contributed by atoms with Crippen LogP contribution in [-0.4, -0.2) is 14.9 Å². The molecule has 2 aromatic rings. The number of thiophene rings is 1. The first-order valence-electron chi connectivity index (χ1n) is 7.50. The summed E-state index contributed by atoms with van der Waals surface area (Å²) < 4.78 is 8.79. The molecule has 1 heterocycles. The number of halogens is 1. The van der Waals surface area contributed by atoms with Gasteiger partial charge in [-0.2, -0.15) is 0 Å². The van der Waals surface area contributed by atoms with Crippen LogP contribution in [0.3, 0.4) is 0 Å². The van der Waals surface area contributed by atoms with Crippen LogP contribution in [0.15, 0.2) is 28.1 Å². The maximum absolute atomic E-state index is 6.26. The Balaban J connectivity index is 1.93. The first-order chi connectivity index (χ1) is 9.71. The van der Waals surface area contributed by atoms with Crippen LogP contribution in [0.5, 0.6) is 0 Å². The highest BCUT2D eigenvalue weighted by molar-refractivity contribution is 9.10. The number of hydrogen-bond acceptors (Lipinski definition) is 2. The van der Waals surface area contributed by atoms with Crippen molar-refractivity contribution in [2.24, 2.45) is 0 Å². The molecule has 0 atom stereocenters. The van der Waals surface area contributed by atoms with Crippen molar-refractivity contribution in [2.45, 2.75) is 51.7 Å². The zero-order valence-corrected chi connectivity index (χ0v) is 17.0. The highest BCUT2D eigenvalue weighted by Gasteiger charge is 2.36. The van der Waals surface area contributed by atoms with Gasteiger partial charge in [-0.1, -0.05) is 36.7 Å². The summed E-state index contributed by atoms with van der Waals surface area (Å²) >= 11 is 5.40. The molecule has 0 aliphatic rings. The molecule has 0 aliphatic carbocycles. The molecular formula is C17H25BrOSSi. The fourth-order valence-electron chi connectivity index (χ4n) is 2.05. The fourth-order valence-corrected chi connectivity index (χ4v) is 4.48. The molecule has 0 bridgehead atoms. The Kier molecular flexibility index (Phi) is 5.34. The molecule has 4 heteroatoms. The number of aryl methyl sites for hydroxylation is 1. The van der Waals surface area contributed by atoms with Crippen molar-refractivity contribution in [1.82, 2.24) is 0 Å². The van der Waals surface area contributed by atoms with Crippen LogP contribution in [0.2, 0.25) is 18.1 Å².